The van der Waals surface area contributed by atoms with Gasteiger partial charge in [-0.2, -0.15) is 0 Å². The van der Waals surface area contributed by atoms with Gasteiger partial charge >= 0.3 is 5.97 Å². The van der Waals surface area contributed by atoms with Crippen molar-refractivity contribution in [1.82, 2.24) is 0 Å². The van der Waals surface area contributed by atoms with Crippen molar-refractivity contribution in [2.75, 3.05) is 12.4 Å². The molecule has 15 heavy (non-hydrogen) atoms. The van der Waals surface area contributed by atoms with E-state index in [1.807, 2.05) is 0 Å². The van der Waals surface area contributed by atoms with E-state index in [2.05, 4.69) is 16.3 Å². The molecule has 0 amide bonds. The van der Waals surface area contributed by atoms with E-state index in [4.69, 9.17) is 9.99 Å². The standard InChI is InChI=1S/C9H18O5S/c1-2-3-4-5-7-12-9(10)6-8-15-14-13-11/h11H,2-8H2,1H3. The molecular formula is C9H18O5S. The average molecular weight is 238 g/mol. The van der Waals surface area contributed by atoms with Crippen LogP contribution < -0.4 is 0 Å². The summed E-state index contributed by atoms with van der Waals surface area (Å²) in [5, 5.41) is 11.2. The number of hydrogen-bond acceptors (Lipinski definition) is 6. The Bertz CT molecular complexity index is 153. The van der Waals surface area contributed by atoms with Crippen molar-refractivity contribution in [3.63, 3.8) is 0 Å². The van der Waals surface area contributed by atoms with Crippen LogP contribution in [-0.4, -0.2) is 23.6 Å². The third-order valence-electron chi connectivity index (χ3n) is 1.73. The van der Waals surface area contributed by atoms with Gasteiger partial charge in [-0.1, -0.05) is 31.2 Å². The molecule has 0 aromatic carbocycles. The summed E-state index contributed by atoms with van der Waals surface area (Å²) in [5.41, 5.74) is 0. The predicted molar refractivity (Wildman–Crippen MR) is 57.0 cm³/mol. The van der Waals surface area contributed by atoms with E-state index in [-0.39, 0.29) is 12.4 Å². The minimum absolute atomic E-state index is 0.250. The fourth-order valence-corrected chi connectivity index (χ4v) is 1.33. The van der Waals surface area contributed by atoms with Crippen LogP contribution in [0.15, 0.2) is 0 Å². The molecule has 0 aromatic heterocycles. The molecule has 0 aliphatic heterocycles. The van der Waals surface area contributed by atoms with Gasteiger partial charge in [0.15, 0.2) is 0 Å². The molecule has 0 fully saturated rings. The van der Waals surface area contributed by atoms with E-state index in [0.717, 1.165) is 24.9 Å². The Balaban J connectivity index is 3.11. The SMILES string of the molecule is CCCCCCOC(=O)CCSOOO. The fraction of sp³-hybridized carbons (Fsp3) is 0.889. The summed E-state index contributed by atoms with van der Waals surface area (Å²) in [5.74, 6) is 0.148. The lowest BCUT2D eigenvalue weighted by Gasteiger charge is -2.03. The van der Waals surface area contributed by atoms with Crippen molar-refractivity contribution in [1.29, 1.82) is 0 Å². The van der Waals surface area contributed by atoms with Gasteiger partial charge < -0.3 is 4.74 Å². The summed E-state index contributed by atoms with van der Waals surface area (Å²) in [6, 6.07) is 0. The van der Waals surface area contributed by atoms with Crippen LogP contribution in [0.5, 0.6) is 0 Å². The van der Waals surface area contributed by atoms with Crippen LogP contribution in [0.1, 0.15) is 39.0 Å². The first-order valence-corrected chi connectivity index (χ1v) is 5.97. The van der Waals surface area contributed by atoms with Crippen molar-refractivity contribution in [3.8, 4) is 0 Å². The summed E-state index contributed by atoms with van der Waals surface area (Å²) in [6.07, 6.45) is 4.61. The van der Waals surface area contributed by atoms with E-state index in [9.17, 15) is 4.79 Å². The molecule has 0 radical (unpaired) electrons. The Morgan fingerprint density at radius 2 is 2.13 bits per heavy atom. The molecule has 0 aliphatic rings. The maximum Gasteiger partial charge on any atom is 0.306 e. The molecule has 0 unspecified atom stereocenters. The highest BCUT2D eigenvalue weighted by atomic mass is 32.2. The number of unbranched alkanes of at least 4 members (excludes halogenated alkanes) is 3. The van der Waals surface area contributed by atoms with Gasteiger partial charge in [0.05, 0.1) is 13.0 Å². The smallest absolute Gasteiger partial charge is 0.306 e. The van der Waals surface area contributed by atoms with Gasteiger partial charge in [-0.15, -0.1) is 4.33 Å². The molecule has 90 valence electrons. The zero-order chi connectivity index (χ0) is 11.4. The summed E-state index contributed by atoms with van der Waals surface area (Å²) in [7, 11) is 0. The molecule has 5 nitrogen and oxygen atoms in total. The molecule has 1 N–H and O–H groups in total. The van der Waals surface area contributed by atoms with Gasteiger partial charge in [0.2, 0.25) is 0 Å². The van der Waals surface area contributed by atoms with Gasteiger partial charge in [-0.25, -0.2) is 5.26 Å². The second-order valence-corrected chi connectivity index (χ2v) is 3.78. The van der Waals surface area contributed by atoms with Crippen molar-refractivity contribution in [2.45, 2.75) is 39.0 Å². The van der Waals surface area contributed by atoms with E-state index in [1.54, 1.807) is 0 Å². The first kappa shape index (κ1) is 14.7. The van der Waals surface area contributed by atoms with Crippen LogP contribution in [-0.2, 0) is 18.9 Å². The third-order valence-corrected chi connectivity index (χ3v) is 2.26. The highest BCUT2D eigenvalue weighted by Crippen LogP contribution is 2.05. The molecular weight excluding hydrogens is 220 g/mol. The molecule has 0 saturated heterocycles. The van der Waals surface area contributed by atoms with Crippen LogP contribution >= 0.6 is 12.0 Å². The average Bonchev–Trinajstić information content (AvgIpc) is 2.24. The summed E-state index contributed by atoms with van der Waals surface area (Å²) >= 11 is 0.856. The normalized spacial score (nSPS) is 10.3. The molecule has 0 bridgehead atoms. The third kappa shape index (κ3) is 11.6. The Kier molecular flexibility index (Phi) is 11.5. The van der Waals surface area contributed by atoms with Gasteiger partial charge in [0.25, 0.3) is 0 Å². The number of carbonyl (C=O) groups excluding carboxylic acids is 1. The van der Waals surface area contributed by atoms with Crippen LogP contribution in [0.3, 0.4) is 0 Å². The molecule has 0 aliphatic carbocycles. The van der Waals surface area contributed by atoms with Crippen LogP contribution in [0, 0.1) is 0 Å². The van der Waals surface area contributed by atoms with Gasteiger partial charge in [-0.05, 0) is 6.42 Å². The number of rotatable bonds is 10. The summed E-state index contributed by atoms with van der Waals surface area (Å²) in [6.45, 7) is 2.62. The first-order valence-electron chi connectivity index (χ1n) is 5.06. The minimum atomic E-state index is -0.250. The number of carbonyl (C=O) groups is 1. The zero-order valence-electron chi connectivity index (χ0n) is 8.94. The Labute approximate surface area is 94.1 Å². The number of ether oxygens (including phenoxy) is 1. The highest BCUT2D eigenvalue weighted by Gasteiger charge is 2.02. The first-order chi connectivity index (χ1) is 7.31. The van der Waals surface area contributed by atoms with Crippen molar-refractivity contribution in [2.24, 2.45) is 0 Å². The molecule has 0 saturated carbocycles. The summed E-state index contributed by atoms with van der Waals surface area (Å²) < 4.78 is 9.06. The van der Waals surface area contributed by atoms with Gasteiger partial charge in [-0.3, -0.25) is 4.79 Å². The van der Waals surface area contributed by atoms with Crippen LogP contribution in [0.25, 0.3) is 0 Å². The number of esters is 1. The lowest BCUT2D eigenvalue weighted by atomic mass is 10.2. The molecule has 6 heteroatoms. The largest absolute Gasteiger partial charge is 0.466 e. The molecule has 0 spiro atoms. The van der Waals surface area contributed by atoms with E-state index in [0.29, 0.717) is 12.4 Å². The van der Waals surface area contributed by atoms with E-state index in [1.165, 1.54) is 12.8 Å². The Hall–Kier alpha value is -0.300. The molecule has 0 rings (SSSR count). The van der Waals surface area contributed by atoms with Crippen molar-refractivity contribution < 1.29 is 24.2 Å². The van der Waals surface area contributed by atoms with Crippen molar-refractivity contribution in [3.05, 3.63) is 0 Å². The summed E-state index contributed by atoms with van der Waals surface area (Å²) in [4.78, 5) is 11.0. The monoisotopic (exact) mass is 238 g/mol. The van der Waals surface area contributed by atoms with Crippen molar-refractivity contribution >= 4 is 18.0 Å². The lowest BCUT2D eigenvalue weighted by Crippen LogP contribution is -2.06. The fourth-order valence-electron chi connectivity index (χ4n) is 0.968. The van der Waals surface area contributed by atoms with Gasteiger partial charge in [0.1, 0.15) is 0 Å². The zero-order valence-corrected chi connectivity index (χ0v) is 9.75. The Morgan fingerprint density at radius 3 is 2.80 bits per heavy atom. The topological polar surface area (TPSA) is 65.0 Å². The number of hydrogen-bond donors (Lipinski definition) is 1. The molecule has 0 heterocycles. The second kappa shape index (κ2) is 11.8. The lowest BCUT2D eigenvalue weighted by molar-refractivity contribution is -0.432. The second-order valence-electron chi connectivity index (χ2n) is 3.00. The van der Waals surface area contributed by atoms with E-state index >= 15 is 0 Å². The Morgan fingerprint density at radius 1 is 1.33 bits per heavy atom. The maximum atomic E-state index is 11.0. The van der Waals surface area contributed by atoms with Crippen LogP contribution in [0.2, 0.25) is 0 Å². The minimum Gasteiger partial charge on any atom is -0.466 e. The van der Waals surface area contributed by atoms with Gasteiger partial charge in [0, 0.05) is 17.8 Å². The highest BCUT2D eigenvalue weighted by molar-refractivity contribution is 7.94. The van der Waals surface area contributed by atoms with Crippen LogP contribution in [0.4, 0.5) is 0 Å². The predicted octanol–water partition coefficient (Wildman–Crippen LogP) is 2.57. The molecule has 0 atom stereocenters. The quantitative estimate of drug-likeness (QED) is 0.207. The maximum absolute atomic E-state index is 11.0. The van der Waals surface area contributed by atoms with E-state index < -0.39 is 0 Å². The molecule has 0 aromatic rings.